The van der Waals surface area contributed by atoms with Gasteiger partial charge in [-0.3, -0.25) is 9.89 Å². The molecular weight excluding hydrogens is 250 g/mol. The Morgan fingerprint density at radius 2 is 2.00 bits per heavy atom. The van der Waals surface area contributed by atoms with E-state index in [0.717, 1.165) is 30.0 Å². The summed E-state index contributed by atoms with van der Waals surface area (Å²) < 4.78 is 0. The number of nitrogens with zero attached hydrogens (tertiary/aromatic N) is 1. The number of H-pyrrole nitrogens is 1. The Morgan fingerprint density at radius 3 is 2.55 bits per heavy atom. The summed E-state index contributed by atoms with van der Waals surface area (Å²) >= 11 is 0. The Morgan fingerprint density at radius 1 is 1.30 bits per heavy atom. The molecule has 0 atom stereocenters. The van der Waals surface area contributed by atoms with Gasteiger partial charge in [-0.2, -0.15) is 5.10 Å². The Bertz CT molecular complexity index is 445. The molecule has 1 fully saturated rings. The van der Waals surface area contributed by atoms with E-state index in [2.05, 4.69) is 22.4 Å². The lowest BCUT2D eigenvalue weighted by Crippen LogP contribution is -2.27. The van der Waals surface area contributed by atoms with E-state index in [-0.39, 0.29) is 11.8 Å². The number of aromatic nitrogens is 2. The van der Waals surface area contributed by atoms with Crippen LogP contribution < -0.4 is 5.32 Å². The van der Waals surface area contributed by atoms with E-state index in [0.29, 0.717) is 5.82 Å². The number of hydrogen-bond acceptors (Lipinski definition) is 2. The highest BCUT2D eigenvalue weighted by Crippen LogP contribution is 2.32. The number of aromatic amines is 1. The van der Waals surface area contributed by atoms with E-state index < -0.39 is 0 Å². The van der Waals surface area contributed by atoms with Gasteiger partial charge in [0, 0.05) is 17.2 Å². The molecule has 2 rings (SSSR count). The number of carbonyl (C=O) groups excluding carboxylic acids is 1. The number of unbranched alkanes of at least 4 members (excludes halogenated alkanes) is 1. The first kappa shape index (κ1) is 15.1. The second-order valence-electron chi connectivity index (χ2n) is 6.17. The number of hydrogen-bond donors (Lipinski definition) is 2. The average molecular weight is 277 g/mol. The second-order valence-corrected chi connectivity index (χ2v) is 6.17. The van der Waals surface area contributed by atoms with Gasteiger partial charge in [0.2, 0.25) is 5.91 Å². The van der Waals surface area contributed by atoms with Crippen LogP contribution in [0.2, 0.25) is 0 Å². The molecule has 1 saturated carbocycles. The number of rotatable bonds is 5. The smallest absolute Gasteiger partial charge is 0.228 e. The Kier molecular flexibility index (Phi) is 5.21. The Labute approximate surface area is 121 Å². The number of aryl methyl sites for hydroxylation is 1. The summed E-state index contributed by atoms with van der Waals surface area (Å²) in [7, 11) is 0. The summed E-state index contributed by atoms with van der Waals surface area (Å²) in [6.07, 6.45) is 8.41. The fourth-order valence-electron chi connectivity index (χ4n) is 3.03. The molecule has 0 aliphatic heterocycles. The van der Waals surface area contributed by atoms with Gasteiger partial charge in [-0.25, -0.2) is 0 Å². The molecule has 20 heavy (non-hydrogen) atoms. The minimum Gasteiger partial charge on any atom is -0.309 e. The first-order valence-electron chi connectivity index (χ1n) is 7.94. The molecule has 0 saturated heterocycles. The van der Waals surface area contributed by atoms with Gasteiger partial charge < -0.3 is 5.32 Å². The van der Waals surface area contributed by atoms with Gasteiger partial charge in [0.1, 0.15) is 0 Å². The second kappa shape index (κ2) is 6.91. The predicted octanol–water partition coefficient (Wildman–Crippen LogP) is 3.96. The molecule has 1 aromatic heterocycles. The van der Waals surface area contributed by atoms with Crippen molar-refractivity contribution < 1.29 is 4.79 Å². The van der Waals surface area contributed by atoms with Crippen molar-refractivity contribution in [1.29, 1.82) is 0 Å². The molecule has 1 aliphatic rings. The Balaban J connectivity index is 1.81. The van der Waals surface area contributed by atoms with Crippen LogP contribution in [-0.2, 0) is 4.79 Å². The molecule has 0 aromatic carbocycles. The van der Waals surface area contributed by atoms with Gasteiger partial charge in [0.05, 0.1) is 0 Å². The highest BCUT2D eigenvalue weighted by Gasteiger charge is 2.26. The van der Waals surface area contributed by atoms with Crippen LogP contribution >= 0.6 is 0 Å². The van der Waals surface area contributed by atoms with Crippen molar-refractivity contribution >= 4 is 11.7 Å². The van der Waals surface area contributed by atoms with Crippen LogP contribution in [-0.4, -0.2) is 16.1 Å². The summed E-state index contributed by atoms with van der Waals surface area (Å²) in [5, 5.41) is 10.0. The highest BCUT2D eigenvalue weighted by atomic mass is 16.2. The van der Waals surface area contributed by atoms with Gasteiger partial charge in [-0.1, -0.05) is 26.2 Å². The molecule has 1 aromatic rings. The Hall–Kier alpha value is -1.32. The lowest BCUT2D eigenvalue weighted by atomic mass is 9.79. The molecule has 4 nitrogen and oxygen atoms in total. The van der Waals surface area contributed by atoms with Gasteiger partial charge in [0.15, 0.2) is 5.82 Å². The van der Waals surface area contributed by atoms with E-state index in [1.807, 2.05) is 13.8 Å². The van der Waals surface area contributed by atoms with Crippen molar-refractivity contribution in [2.75, 3.05) is 5.32 Å². The fourth-order valence-corrected chi connectivity index (χ4v) is 3.03. The van der Waals surface area contributed by atoms with E-state index in [9.17, 15) is 4.79 Å². The highest BCUT2D eigenvalue weighted by molar-refractivity contribution is 5.92. The van der Waals surface area contributed by atoms with Crippen LogP contribution in [0.1, 0.15) is 63.1 Å². The SMILES string of the molecule is CCCCC1CCC(C(=O)Nc2n[nH]c(C)c2C)CC1. The lowest BCUT2D eigenvalue weighted by molar-refractivity contribution is -0.121. The van der Waals surface area contributed by atoms with Crippen LogP contribution in [0.5, 0.6) is 0 Å². The molecular formula is C16H27N3O. The third-order valence-corrected chi connectivity index (χ3v) is 4.68. The summed E-state index contributed by atoms with van der Waals surface area (Å²) in [5.41, 5.74) is 2.05. The third-order valence-electron chi connectivity index (χ3n) is 4.68. The van der Waals surface area contributed by atoms with Crippen LogP contribution in [0.15, 0.2) is 0 Å². The average Bonchev–Trinajstić information content (AvgIpc) is 2.77. The molecule has 112 valence electrons. The molecule has 0 bridgehead atoms. The first-order chi connectivity index (χ1) is 9.61. The van der Waals surface area contributed by atoms with Crippen molar-refractivity contribution in [3.63, 3.8) is 0 Å². The van der Waals surface area contributed by atoms with E-state index in [1.165, 1.54) is 32.1 Å². The summed E-state index contributed by atoms with van der Waals surface area (Å²) in [4.78, 5) is 12.3. The van der Waals surface area contributed by atoms with Crippen LogP contribution in [0.3, 0.4) is 0 Å². The lowest BCUT2D eigenvalue weighted by Gasteiger charge is -2.27. The standard InChI is InChI=1S/C16H27N3O/c1-4-5-6-13-7-9-14(10-8-13)16(20)17-15-11(2)12(3)18-19-15/h13-14H,4-10H2,1-3H3,(H2,17,18,19,20). The minimum atomic E-state index is 0.147. The molecule has 0 spiro atoms. The zero-order chi connectivity index (χ0) is 14.5. The fraction of sp³-hybridized carbons (Fsp3) is 0.750. The maximum atomic E-state index is 12.3. The van der Waals surface area contributed by atoms with Crippen LogP contribution in [0.4, 0.5) is 5.82 Å². The molecule has 2 N–H and O–H groups in total. The first-order valence-corrected chi connectivity index (χ1v) is 7.94. The van der Waals surface area contributed by atoms with Crippen molar-refractivity contribution in [3.05, 3.63) is 11.3 Å². The summed E-state index contributed by atoms with van der Waals surface area (Å²) in [5.74, 6) is 1.85. The van der Waals surface area contributed by atoms with Crippen molar-refractivity contribution in [1.82, 2.24) is 10.2 Å². The number of anilines is 1. The number of amides is 1. The molecule has 1 aliphatic carbocycles. The van der Waals surface area contributed by atoms with Crippen LogP contribution in [0.25, 0.3) is 0 Å². The van der Waals surface area contributed by atoms with Gasteiger partial charge >= 0.3 is 0 Å². The predicted molar refractivity (Wildman–Crippen MR) is 81.7 cm³/mol. The van der Waals surface area contributed by atoms with Gasteiger partial charge in [0.25, 0.3) is 0 Å². The van der Waals surface area contributed by atoms with Crippen LogP contribution in [0, 0.1) is 25.7 Å². The molecule has 4 heteroatoms. The maximum absolute atomic E-state index is 12.3. The van der Waals surface area contributed by atoms with Crippen molar-refractivity contribution in [2.24, 2.45) is 11.8 Å². The van der Waals surface area contributed by atoms with E-state index >= 15 is 0 Å². The summed E-state index contributed by atoms with van der Waals surface area (Å²) in [6, 6.07) is 0. The molecule has 1 amide bonds. The zero-order valence-corrected chi connectivity index (χ0v) is 13.0. The van der Waals surface area contributed by atoms with Gasteiger partial charge in [-0.05, 0) is 45.4 Å². The van der Waals surface area contributed by atoms with Gasteiger partial charge in [-0.15, -0.1) is 0 Å². The largest absolute Gasteiger partial charge is 0.309 e. The maximum Gasteiger partial charge on any atom is 0.228 e. The number of carbonyl (C=O) groups is 1. The summed E-state index contributed by atoms with van der Waals surface area (Å²) in [6.45, 7) is 6.19. The molecule has 0 radical (unpaired) electrons. The normalized spacial score (nSPS) is 22.8. The molecule has 0 unspecified atom stereocenters. The topological polar surface area (TPSA) is 57.8 Å². The van der Waals surface area contributed by atoms with E-state index in [4.69, 9.17) is 0 Å². The quantitative estimate of drug-likeness (QED) is 0.855. The number of nitrogens with one attached hydrogen (secondary N) is 2. The molecule has 1 heterocycles. The zero-order valence-electron chi connectivity index (χ0n) is 13.0. The van der Waals surface area contributed by atoms with Crippen molar-refractivity contribution in [3.8, 4) is 0 Å². The monoisotopic (exact) mass is 277 g/mol. The minimum absolute atomic E-state index is 0.147. The van der Waals surface area contributed by atoms with E-state index in [1.54, 1.807) is 0 Å². The third kappa shape index (κ3) is 3.62. The van der Waals surface area contributed by atoms with Crippen molar-refractivity contribution in [2.45, 2.75) is 65.7 Å².